The summed E-state index contributed by atoms with van der Waals surface area (Å²) in [6, 6.07) is 14.0. The maximum atomic E-state index is 13.3. The van der Waals surface area contributed by atoms with Crippen LogP contribution < -0.4 is 4.80 Å². The highest BCUT2D eigenvalue weighted by atomic mass is 35.5. The Bertz CT molecular complexity index is 900. The number of ether oxygens (including phenoxy) is 1. The number of methoxy groups -OCH3 is 1. The Balaban J connectivity index is 2.12. The summed E-state index contributed by atoms with van der Waals surface area (Å²) in [5.74, 6) is -0.249. The van der Waals surface area contributed by atoms with E-state index < -0.39 is 0 Å². The van der Waals surface area contributed by atoms with Crippen LogP contribution in [0.25, 0.3) is 11.3 Å². The summed E-state index contributed by atoms with van der Waals surface area (Å²) in [5, 5.41) is 2.71. The fourth-order valence-corrected chi connectivity index (χ4v) is 3.74. The predicted octanol–water partition coefficient (Wildman–Crippen LogP) is 5.45. The maximum Gasteiger partial charge on any atom is 0.190 e. The Morgan fingerprint density at radius 2 is 1.84 bits per heavy atom. The second-order valence-electron chi connectivity index (χ2n) is 5.67. The van der Waals surface area contributed by atoms with Gasteiger partial charge in [0.2, 0.25) is 0 Å². The molecule has 0 aliphatic heterocycles. The molecule has 0 saturated carbocycles. The third kappa shape index (κ3) is 4.18. The Morgan fingerprint density at radius 1 is 1.16 bits per heavy atom. The number of nitrogens with zero attached hydrogens (tertiary/aromatic N) is 2. The van der Waals surface area contributed by atoms with Gasteiger partial charge in [-0.1, -0.05) is 11.6 Å². The molecule has 0 fully saturated rings. The van der Waals surface area contributed by atoms with E-state index in [0.717, 1.165) is 21.7 Å². The van der Waals surface area contributed by atoms with E-state index in [1.807, 2.05) is 29.6 Å². The quantitative estimate of drug-likeness (QED) is 0.581. The van der Waals surface area contributed by atoms with Crippen molar-refractivity contribution >= 4 is 28.6 Å². The highest BCUT2D eigenvalue weighted by Gasteiger charge is 2.14. The molecule has 3 rings (SSSR count). The SMILES string of the molecule is COC[C@@H](C)n1c(-c2ccc(F)cc2)csc1=Nc1ccc(Cl)cc1. The van der Waals surface area contributed by atoms with E-state index in [-0.39, 0.29) is 11.9 Å². The summed E-state index contributed by atoms with van der Waals surface area (Å²) in [7, 11) is 1.68. The van der Waals surface area contributed by atoms with Gasteiger partial charge in [-0.15, -0.1) is 11.3 Å². The lowest BCUT2D eigenvalue weighted by Crippen LogP contribution is -2.22. The van der Waals surface area contributed by atoms with Gasteiger partial charge in [-0.25, -0.2) is 9.38 Å². The summed E-state index contributed by atoms with van der Waals surface area (Å²) in [5.41, 5.74) is 2.76. The van der Waals surface area contributed by atoms with Crippen LogP contribution in [-0.4, -0.2) is 18.3 Å². The second kappa shape index (κ2) is 7.95. The molecular weight excluding hydrogens is 359 g/mol. The van der Waals surface area contributed by atoms with Crippen LogP contribution in [0.2, 0.25) is 5.02 Å². The molecule has 3 aromatic rings. The largest absolute Gasteiger partial charge is 0.383 e. The zero-order valence-electron chi connectivity index (χ0n) is 13.9. The third-order valence-electron chi connectivity index (χ3n) is 3.78. The average molecular weight is 377 g/mol. The molecule has 0 aliphatic carbocycles. The number of rotatable bonds is 5. The molecule has 1 atom stereocenters. The lowest BCUT2D eigenvalue weighted by Gasteiger charge is -2.16. The predicted molar refractivity (Wildman–Crippen MR) is 101 cm³/mol. The van der Waals surface area contributed by atoms with Crippen LogP contribution in [0.15, 0.2) is 58.9 Å². The van der Waals surface area contributed by atoms with Gasteiger partial charge < -0.3 is 9.30 Å². The number of hydrogen-bond acceptors (Lipinski definition) is 3. The monoisotopic (exact) mass is 376 g/mol. The van der Waals surface area contributed by atoms with Crippen molar-refractivity contribution in [3.63, 3.8) is 0 Å². The molecule has 0 spiro atoms. The highest BCUT2D eigenvalue weighted by molar-refractivity contribution is 7.07. The molecule has 0 N–H and O–H groups in total. The first-order valence-electron chi connectivity index (χ1n) is 7.83. The number of halogens is 2. The van der Waals surface area contributed by atoms with Gasteiger partial charge in [0.1, 0.15) is 5.82 Å². The summed E-state index contributed by atoms with van der Waals surface area (Å²) < 4.78 is 20.7. The second-order valence-corrected chi connectivity index (χ2v) is 6.95. The zero-order valence-corrected chi connectivity index (χ0v) is 15.5. The van der Waals surface area contributed by atoms with Gasteiger partial charge in [0.15, 0.2) is 4.80 Å². The number of hydrogen-bond donors (Lipinski definition) is 0. The van der Waals surface area contributed by atoms with Gasteiger partial charge in [0.25, 0.3) is 0 Å². The van der Waals surface area contributed by atoms with E-state index in [0.29, 0.717) is 11.6 Å². The molecule has 3 nitrogen and oxygen atoms in total. The van der Waals surface area contributed by atoms with Crippen LogP contribution in [0.4, 0.5) is 10.1 Å². The van der Waals surface area contributed by atoms with Crippen LogP contribution in [0.1, 0.15) is 13.0 Å². The molecule has 6 heteroatoms. The first kappa shape index (κ1) is 17.9. The molecular formula is C19H18ClFN2OS. The normalized spacial score (nSPS) is 13.2. The molecule has 1 heterocycles. The Morgan fingerprint density at radius 3 is 2.48 bits per heavy atom. The van der Waals surface area contributed by atoms with Crippen LogP contribution >= 0.6 is 22.9 Å². The summed E-state index contributed by atoms with van der Waals surface area (Å²) in [4.78, 5) is 5.60. The summed E-state index contributed by atoms with van der Waals surface area (Å²) in [6.07, 6.45) is 0. The van der Waals surface area contributed by atoms with E-state index in [1.165, 1.54) is 12.1 Å². The van der Waals surface area contributed by atoms with Crippen molar-refractivity contribution in [2.24, 2.45) is 4.99 Å². The number of benzene rings is 2. The molecule has 0 unspecified atom stereocenters. The van der Waals surface area contributed by atoms with Gasteiger partial charge in [0, 0.05) is 17.5 Å². The molecule has 1 aromatic heterocycles. The van der Waals surface area contributed by atoms with Gasteiger partial charge >= 0.3 is 0 Å². The maximum absolute atomic E-state index is 13.3. The highest BCUT2D eigenvalue weighted by Crippen LogP contribution is 2.24. The number of aromatic nitrogens is 1. The first-order chi connectivity index (χ1) is 12.1. The molecule has 0 bridgehead atoms. The van der Waals surface area contributed by atoms with E-state index >= 15 is 0 Å². The number of thiazole rings is 1. The Kier molecular flexibility index (Phi) is 5.68. The van der Waals surface area contributed by atoms with Crippen molar-refractivity contribution in [3.05, 3.63) is 69.6 Å². The standard InChI is InChI=1S/C19H18ClFN2OS/c1-13(11-24-2)23-18(14-3-7-16(21)8-4-14)12-25-19(23)22-17-9-5-15(20)6-10-17/h3-10,12-13H,11H2,1-2H3/t13-/m1/s1. The van der Waals surface area contributed by atoms with Crippen LogP contribution in [0.3, 0.4) is 0 Å². The van der Waals surface area contributed by atoms with Gasteiger partial charge in [-0.2, -0.15) is 0 Å². The molecule has 0 amide bonds. The van der Waals surface area contributed by atoms with Crippen molar-refractivity contribution in [1.82, 2.24) is 4.57 Å². The fraction of sp³-hybridized carbons (Fsp3) is 0.211. The molecule has 130 valence electrons. The van der Waals surface area contributed by atoms with Crippen LogP contribution in [0.5, 0.6) is 0 Å². The average Bonchev–Trinajstić information content (AvgIpc) is 3.01. The minimum absolute atomic E-state index is 0.0855. The van der Waals surface area contributed by atoms with Crippen molar-refractivity contribution in [2.45, 2.75) is 13.0 Å². The molecule has 0 saturated heterocycles. The smallest absolute Gasteiger partial charge is 0.190 e. The van der Waals surface area contributed by atoms with Gasteiger partial charge in [-0.3, -0.25) is 0 Å². The lowest BCUT2D eigenvalue weighted by molar-refractivity contribution is 0.162. The van der Waals surface area contributed by atoms with E-state index in [9.17, 15) is 4.39 Å². The van der Waals surface area contributed by atoms with Crippen LogP contribution in [-0.2, 0) is 4.74 Å². The van der Waals surface area contributed by atoms with Crippen LogP contribution in [0, 0.1) is 5.82 Å². The Labute approximate surface area is 155 Å². The zero-order chi connectivity index (χ0) is 17.8. The fourth-order valence-electron chi connectivity index (χ4n) is 2.60. The van der Waals surface area contributed by atoms with E-state index in [4.69, 9.17) is 21.3 Å². The van der Waals surface area contributed by atoms with Crippen molar-refractivity contribution in [1.29, 1.82) is 0 Å². The molecule has 0 aliphatic rings. The minimum Gasteiger partial charge on any atom is -0.383 e. The molecule has 0 radical (unpaired) electrons. The molecule has 2 aromatic carbocycles. The van der Waals surface area contributed by atoms with Gasteiger partial charge in [-0.05, 0) is 61.0 Å². The van der Waals surface area contributed by atoms with Gasteiger partial charge in [0.05, 0.1) is 24.0 Å². The lowest BCUT2D eigenvalue weighted by atomic mass is 10.1. The van der Waals surface area contributed by atoms with E-state index in [2.05, 4.69) is 11.5 Å². The van der Waals surface area contributed by atoms with Crippen molar-refractivity contribution in [2.75, 3.05) is 13.7 Å². The van der Waals surface area contributed by atoms with Crippen molar-refractivity contribution in [3.8, 4) is 11.3 Å². The van der Waals surface area contributed by atoms with Crippen molar-refractivity contribution < 1.29 is 9.13 Å². The minimum atomic E-state index is -0.249. The third-order valence-corrected chi connectivity index (χ3v) is 4.87. The summed E-state index contributed by atoms with van der Waals surface area (Å²) in [6.45, 7) is 2.63. The Hall–Kier alpha value is -1.95. The molecule has 25 heavy (non-hydrogen) atoms. The summed E-state index contributed by atoms with van der Waals surface area (Å²) >= 11 is 7.49. The first-order valence-corrected chi connectivity index (χ1v) is 9.09. The van der Waals surface area contributed by atoms with E-state index in [1.54, 1.807) is 30.6 Å². The topological polar surface area (TPSA) is 26.5 Å².